The van der Waals surface area contributed by atoms with Gasteiger partial charge in [-0.25, -0.2) is 0 Å². The van der Waals surface area contributed by atoms with Crippen LogP contribution in [0.4, 0.5) is 17.1 Å². The van der Waals surface area contributed by atoms with Crippen LogP contribution >= 0.6 is 11.3 Å². The molecular formula is C44H29NOS. The molecule has 0 unspecified atom stereocenters. The van der Waals surface area contributed by atoms with Crippen molar-refractivity contribution in [3.63, 3.8) is 0 Å². The van der Waals surface area contributed by atoms with Crippen molar-refractivity contribution >= 4 is 70.5 Å². The number of para-hydroxylation sites is 2. The number of benzene rings is 7. The fraction of sp³-hybridized carbons (Fsp3) is 0.0455. The van der Waals surface area contributed by atoms with Crippen LogP contribution in [0.3, 0.4) is 0 Å². The Morgan fingerprint density at radius 2 is 1.13 bits per heavy atom. The van der Waals surface area contributed by atoms with Gasteiger partial charge in [0.05, 0.1) is 5.69 Å². The van der Waals surface area contributed by atoms with Gasteiger partial charge in [0, 0.05) is 53.3 Å². The van der Waals surface area contributed by atoms with E-state index in [2.05, 4.69) is 170 Å². The van der Waals surface area contributed by atoms with Crippen LogP contribution in [0.25, 0.3) is 53.2 Å². The number of hydrogen-bond donors (Lipinski definition) is 0. The molecule has 0 spiro atoms. The molecule has 2 nitrogen and oxygen atoms in total. The molecule has 222 valence electrons. The van der Waals surface area contributed by atoms with Gasteiger partial charge in [0.1, 0.15) is 11.2 Å². The van der Waals surface area contributed by atoms with Crippen molar-refractivity contribution in [3.8, 4) is 11.1 Å². The van der Waals surface area contributed by atoms with Crippen LogP contribution in [-0.4, -0.2) is 0 Å². The maximum atomic E-state index is 6.94. The Kier molecular flexibility index (Phi) is 5.61. The highest BCUT2D eigenvalue weighted by molar-refractivity contribution is 7.25. The first-order valence-corrected chi connectivity index (χ1v) is 16.9. The van der Waals surface area contributed by atoms with Gasteiger partial charge in [0.15, 0.2) is 0 Å². The van der Waals surface area contributed by atoms with Crippen LogP contribution in [0, 0.1) is 0 Å². The number of hydrogen-bond acceptors (Lipinski definition) is 3. The molecule has 10 rings (SSSR count). The summed E-state index contributed by atoms with van der Waals surface area (Å²) in [6, 6.07) is 57.2. The van der Waals surface area contributed by atoms with E-state index < -0.39 is 5.41 Å². The number of nitrogens with zero attached hydrogens (tertiary/aromatic N) is 1. The number of anilines is 3. The van der Waals surface area contributed by atoms with Crippen molar-refractivity contribution in [1.29, 1.82) is 0 Å². The van der Waals surface area contributed by atoms with E-state index in [0.29, 0.717) is 0 Å². The molecule has 0 bridgehead atoms. The summed E-state index contributed by atoms with van der Waals surface area (Å²) >= 11 is 1.85. The first-order valence-electron chi connectivity index (χ1n) is 16.1. The molecule has 9 aromatic rings. The zero-order valence-electron chi connectivity index (χ0n) is 25.8. The standard InChI is InChI=1S/C44H29NOS/c1-44(36-19-9-5-15-30(36)31-16-6-10-20-37(31)44)42-38(26-25-35-32-17-7-11-21-39(32)46-43(35)42)45(28-13-3-2-4-14-28)29-23-24-34-33-18-8-12-22-40(33)47-41(34)27-29/h2-27H,1H3. The summed E-state index contributed by atoms with van der Waals surface area (Å²) in [5.41, 5.74) is 11.0. The second kappa shape index (κ2) is 9.93. The average Bonchev–Trinajstić information content (AvgIpc) is 3.77. The van der Waals surface area contributed by atoms with Crippen molar-refractivity contribution < 1.29 is 4.42 Å². The second-order valence-corrected chi connectivity index (χ2v) is 13.7. The quantitative estimate of drug-likeness (QED) is 0.195. The Morgan fingerprint density at radius 3 is 1.91 bits per heavy atom. The lowest BCUT2D eigenvalue weighted by Crippen LogP contribution is -2.26. The monoisotopic (exact) mass is 619 g/mol. The summed E-state index contributed by atoms with van der Waals surface area (Å²) < 4.78 is 9.52. The van der Waals surface area contributed by atoms with Gasteiger partial charge in [0.25, 0.3) is 0 Å². The summed E-state index contributed by atoms with van der Waals surface area (Å²) in [4.78, 5) is 2.43. The second-order valence-electron chi connectivity index (χ2n) is 12.6. The zero-order chi connectivity index (χ0) is 31.1. The van der Waals surface area contributed by atoms with E-state index >= 15 is 0 Å². The minimum Gasteiger partial charge on any atom is -0.456 e. The van der Waals surface area contributed by atoms with E-state index in [4.69, 9.17) is 4.42 Å². The maximum absolute atomic E-state index is 6.94. The molecule has 7 aromatic carbocycles. The fourth-order valence-electron chi connectivity index (χ4n) is 8.03. The summed E-state index contributed by atoms with van der Waals surface area (Å²) in [6.45, 7) is 2.39. The van der Waals surface area contributed by atoms with Gasteiger partial charge in [-0.3, -0.25) is 0 Å². The van der Waals surface area contributed by atoms with Crippen molar-refractivity contribution in [2.45, 2.75) is 12.3 Å². The smallest absolute Gasteiger partial charge is 0.141 e. The number of furan rings is 1. The van der Waals surface area contributed by atoms with Gasteiger partial charge in [-0.05, 0) is 77.7 Å². The van der Waals surface area contributed by atoms with Crippen LogP contribution in [0.5, 0.6) is 0 Å². The molecular weight excluding hydrogens is 591 g/mol. The van der Waals surface area contributed by atoms with Gasteiger partial charge in [-0.15, -0.1) is 11.3 Å². The SMILES string of the molecule is CC1(c2c(N(c3ccccc3)c3ccc4c(c3)sc3ccccc34)ccc3c2oc2ccccc23)c2ccccc2-c2ccccc21. The number of rotatable bonds is 4. The van der Waals surface area contributed by atoms with E-state index in [1.807, 2.05) is 11.3 Å². The molecule has 0 radical (unpaired) electrons. The minimum atomic E-state index is -0.481. The third-order valence-electron chi connectivity index (χ3n) is 10.1. The van der Waals surface area contributed by atoms with E-state index in [0.717, 1.165) is 39.0 Å². The lowest BCUT2D eigenvalue weighted by molar-refractivity contribution is 0.638. The third kappa shape index (κ3) is 3.72. The predicted octanol–water partition coefficient (Wildman–Crippen LogP) is 12.8. The molecule has 0 aliphatic heterocycles. The fourth-order valence-corrected chi connectivity index (χ4v) is 9.17. The van der Waals surface area contributed by atoms with Gasteiger partial charge in [-0.2, -0.15) is 0 Å². The normalized spacial score (nSPS) is 13.4. The first kappa shape index (κ1) is 26.6. The Balaban J connectivity index is 1.34. The largest absolute Gasteiger partial charge is 0.456 e. The number of fused-ring (bicyclic) bond motifs is 9. The molecule has 47 heavy (non-hydrogen) atoms. The maximum Gasteiger partial charge on any atom is 0.141 e. The van der Waals surface area contributed by atoms with E-state index in [1.165, 1.54) is 48.0 Å². The third-order valence-corrected chi connectivity index (χ3v) is 11.3. The summed E-state index contributed by atoms with van der Waals surface area (Å²) in [5.74, 6) is 0. The van der Waals surface area contributed by atoms with Gasteiger partial charge < -0.3 is 9.32 Å². The molecule has 2 heterocycles. The first-order chi connectivity index (χ1) is 23.2. The lowest BCUT2D eigenvalue weighted by Gasteiger charge is -2.35. The predicted molar refractivity (Wildman–Crippen MR) is 199 cm³/mol. The average molecular weight is 620 g/mol. The Bertz CT molecular complexity index is 2620. The number of thiophene rings is 1. The Morgan fingerprint density at radius 1 is 0.511 bits per heavy atom. The lowest BCUT2D eigenvalue weighted by atomic mass is 9.72. The highest BCUT2D eigenvalue weighted by Gasteiger charge is 2.44. The molecule has 0 atom stereocenters. The molecule has 0 saturated carbocycles. The van der Waals surface area contributed by atoms with Crippen molar-refractivity contribution in [2.75, 3.05) is 4.90 Å². The van der Waals surface area contributed by atoms with E-state index in [-0.39, 0.29) is 0 Å². The zero-order valence-corrected chi connectivity index (χ0v) is 26.6. The molecule has 0 N–H and O–H groups in total. The van der Waals surface area contributed by atoms with Crippen LogP contribution < -0.4 is 4.90 Å². The van der Waals surface area contributed by atoms with Crippen molar-refractivity contribution in [1.82, 2.24) is 0 Å². The van der Waals surface area contributed by atoms with Crippen LogP contribution in [0.2, 0.25) is 0 Å². The molecule has 1 aliphatic carbocycles. The van der Waals surface area contributed by atoms with E-state index in [1.54, 1.807) is 0 Å². The van der Waals surface area contributed by atoms with Gasteiger partial charge in [-0.1, -0.05) is 109 Å². The van der Waals surface area contributed by atoms with Crippen LogP contribution in [0.1, 0.15) is 23.6 Å². The topological polar surface area (TPSA) is 16.4 Å². The molecule has 0 fully saturated rings. The highest BCUT2D eigenvalue weighted by Crippen LogP contribution is 2.57. The Hall–Kier alpha value is -5.64. The minimum absolute atomic E-state index is 0.481. The highest BCUT2D eigenvalue weighted by atomic mass is 32.1. The molecule has 1 aliphatic rings. The summed E-state index contributed by atoms with van der Waals surface area (Å²) in [5, 5.41) is 4.87. The van der Waals surface area contributed by atoms with Crippen LogP contribution in [-0.2, 0) is 5.41 Å². The molecule has 0 amide bonds. The van der Waals surface area contributed by atoms with Gasteiger partial charge in [0.2, 0.25) is 0 Å². The van der Waals surface area contributed by atoms with E-state index in [9.17, 15) is 0 Å². The summed E-state index contributed by atoms with van der Waals surface area (Å²) in [6.07, 6.45) is 0. The summed E-state index contributed by atoms with van der Waals surface area (Å²) in [7, 11) is 0. The molecule has 3 heteroatoms. The molecule has 0 saturated heterocycles. The van der Waals surface area contributed by atoms with Crippen molar-refractivity contribution in [2.24, 2.45) is 0 Å². The molecule has 2 aromatic heterocycles. The van der Waals surface area contributed by atoms with Crippen LogP contribution in [0.15, 0.2) is 162 Å². The van der Waals surface area contributed by atoms with Gasteiger partial charge >= 0.3 is 0 Å². The van der Waals surface area contributed by atoms with Crippen molar-refractivity contribution in [3.05, 3.63) is 174 Å². The Labute approximate surface area is 276 Å².